The SMILES string of the molecule is CCc1ccc(O[C@H](C)c2nnc(SCC(=O)Nc3nc(-c4ccc(Br)cc4)cs3)n2C)cc1. The zero-order valence-electron chi connectivity index (χ0n) is 19.0. The van der Waals surface area contributed by atoms with Gasteiger partial charge in [0.05, 0.1) is 11.4 Å². The van der Waals surface area contributed by atoms with Gasteiger partial charge in [0.15, 0.2) is 22.2 Å². The minimum Gasteiger partial charge on any atom is -0.483 e. The van der Waals surface area contributed by atoms with Crippen LogP contribution in [0, 0.1) is 0 Å². The third-order valence-electron chi connectivity index (χ3n) is 5.10. The molecule has 1 N–H and O–H groups in total. The molecule has 4 aromatic rings. The van der Waals surface area contributed by atoms with Crippen molar-refractivity contribution in [3.8, 4) is 17.0 Å². The predicted octanol–water partition coefficient (Wildman–Crippen LogP) is 6.13. The molecule has 0 aliphatic rings. The minimum absolute atomic E-state index is 0.147. The van der Waals surface area contributed by atoms with Gasteiger partial charge in [-0.15, -0.1) is 21.5 Å². The summed E-state index contributed by atoms with van der Waals surface area (Å²) in [6.45, 7) is 4.06. The third-order valence-corrected chi connectivity index (χ3v) is 7.41. The van der Waals surface area contributed by atoms with Crippen LogP contribution < -0.4 is 10.1 Å². The van der Waals surface area contributed by atoms with Gasteiger partial charge in [0.2, 0.25) is 5.91 Å². The van der Waals surface area contributed by atoms with E-state index in [9.17, 15) is 4.79 Å². The van der Waals surface area contributed by atoms with Crippen molar-refractivity contribution in [1.82, 2.24) is 19.7 Å². The highest BCUT2D eigenvalue weighted by atomic mass is 79.9. The van der Waals surface area contributed by atoms with Gasteiger partial charge in [0.1, 0.15) is 5.75 Å². The molecule has 2 aromatic carbocycles. The van der Waals surface area contributed by atoms with Crippen molar-refractivity contribution in [3.05, 3.63) is 69.8 Å². The summed E-state index contributed by atoms with van der Waals surface area (Å²) in [6.07, 6.45) is 0.711. The van der Waals surface area contributed by atoms with Gasteiger partial charge in [-0.25, -0.2) is 4.98 Å². The number of thioether (sulfide) groups is 1. The van der Waals surface area contributed by atoms with Gasteiger partial charge in [-0.2, -0.15) is 0 Å². The Bertz CT molecular complexity index is 1260. The van der Waals surface area contributed by atoms with Crippen molar-refractivity contribution in [2.75, 3.05) is 11.1 Å². The molecule has 7 nitrogen and oxygen atoms in total. The molecular weight excluding hydrogens is 534 g/mol. The molecule has 0 spiro atoms. The number of carbonyl (C=O) groups excluding carboxylic acids is 1. The molecule has 0 aliphatic heterocycles. The zero-order valence-corrected chi connectivity index (χ0v) is 22.2. The number of aromatic nitrogens is 4. The molecule has 0 bridgehead atoms. The fourth-order valence-electron chi connectivity index (χ4n) is 3.24. The molecule has 10 heteroatoms. The quantitative estimate of drug-likeness (QED) is 0.249. The van der Waals surface area contributed by atoms with Crippen LogP contribution in [0.4, 0.5) is 5.13 Å². The Kier molecular flexibility index (Phi) is 8.02. The van der Waals surface area contributed by atoms with E-state index in [2.05, 4.69) is 55.5 Å². The van der Waals surface area contributed by atoms with Gasteiger partial charge in [-0.1, -0.05) is 58.9 Å². The number of aryl methyl sites for hydroxylation is 1. The highest BCUT2D eigenvalue weighted by molar-refractivity contribution is 9.10. The van der Waals surface area contributed by atoms with Crippen molar-refractivity contribution < 1.29 is 9.53 Å². The number of benzene rings is 2. The standard InChI is InChI=1S/C24H24BrN5O2S2/c1-4-16-5-11-19(12-6-16)32-15(2)22-28-29-24(30(22)3)34-14-21(31)27-23-26-20(13-33-23)17-7-9-18(25)10-8-17/h5-13,15H,4,14H2,1-3H3,(H,26,27,31)/t15-/m1/s1. The zero-order chi connectivity index (χ0) is 24.1. The van der Waals surface area contributed by atoms with Crippen LogP contribution in [0.25, 0.3) is 11.3 Å². The van der Waals surface area contributed by atoms with E-state index in [-0.39, 0.29) is 17.8 Å². The Hall–Kier alpha value is -2.69. The van der Waals surface area contributed by atoms with E-state index >= 15 is 0 Å². The minimum atomic E-state index is -0.277. The molecular formula is C24H24BrN5O2S2. The summed E-state index contributed by atoms with van der Waals surface area (Å²) in [5, 5.41) is 14.5. The molecule has 0 aliphatic carbocycles. The third kappa shape index (κ3) is 6.05. The molecule has 176 valence electrons. The maximum absolute atomic E-state index is 12.5. The number of ether oxygens (including phenoxy) is 1. The lowest BCUT2D eigenvalue weighted by Crippen LogP contribution is -2.14. The lowest BCUT2D eigenvalue weighted by atomic mass is 10.2. The summed E-state index contributed by atoms with van der Waals surface area (Å²) in [5.74, 6) is 1.53. The van der Waals surface area contributed by atoms with E-state index in [1.807, 2.05) is 60.3 Å². The second-order valence-corrected chi connectivity index (χ2v) is 10.3. The summed E-state index contributed by atoms with van der Waals surface area (Å²) in [6, 6.07) is 15.9. The number of hydrogen-bond acceptors (Lipinski definition) is 7. The molecule has 34 heavy (non-hydrogen) atoms. The lowest BCUT2D eigenvalue weighted by molar-refractivity contribution is -0.113. The summed E-state index contributed by atoms with van der Waals surface area (Å²) in [4.78, 5) is 17.0. The fourth-order valence-corrected chi connectivity index (χ4v) is 4.95. The summed E-state index contributed by atoms with van der Waals surface area (Å²) < 4.78 is 8.89. The lowest BCUT2D eigenvalue weighted by Gasteiger charge is -2.14. The molecule has 1 amide bonds. The van der Waals surface area contributed by atoms with E-state index in [0.717, 1.165) is 27.9 Å². The Morgan fingerprint density at radius 2 is 1.91 bits per heavy atom. The van der Waals surface area contributed by atoms with Crippen LogP contribution in [-0.4, -0.2) is 31.4 Å². The Labute approximate surface area is 215 Å². The Morgan fingerprint density at radius 3 is 2.62 bits per heavy atom. The number of nitrogens with one attached hydrogen (secondary N) is 1. The topological polar surface area (TPSA) is 81.9 Å². The maximum Gasteiger partial charge on any atom is 0.236 e. The van der Waals surface area contributed by atoms with Gasteiger partial charge < -0.3 is 14.6 Å². The first kappa shape index (κ1) is 24.4. The van der Waals surface area contributed by atoms with Crippen molar-refractivity contribution in [3.63, 3.8) is 0 Å². The van der Waals surface area contributed by atoms with Crippen LogP contribution in [0.2, 0.25) is 0 Å². The number of halogens is 1. The Morgan fingerprint density at radius 1 is 1.18 bits per heavy atom. The largest absolute Gasteiger partial charge is 0.483 e. The Balaban J connectivity index is 1.31. The highest BCUT2D eigenvalue weighted by Gasteiger charge is 2.18. The number of amides is 1. The van der Waals surface area contributed by atoms with E-state index in [1.165, 1.54) is 28.7 Å². The van der Waals surface area contributed by atoms with Crippen LogP contribution in [-0.2, 0) is 18.3 Å². The molecule has 1 atom stereocenters. The number of carbonyl (C=O) groups is 1. The van der Waals surface area contributed by atoms with Gasteiger partial charge >= 0.3 is 0 Å². The van der Waals surface area contributed by atoms with Crippen molar-refractivity contribution in [2.24, 2.45) is 7.05 Å². The normalized spacial score (nSPS) is 11.9. The fraction of sp³-hybridized carbons (Fsp3) is 0.250. The summed E-state index contributed by atoms with van der Waals surface area (Å²) >= 11 is 6.15. The first-order chi connectivity index (χ1) is 16.4. The maximum atomic E-state index is 12.5. The van der Waals surface area contributed by atoms with Gasteiger partial charge in [0, 0.05) is 22.5 Å². The number of anilines is 1. The number of rotatable bonds is 9. The molecule has 0 unspecified atom stereocenters. The molecule has 0 radical (unpaired) electrons. The first-order valence-corrected chi connectivity index (χ1v) is 13.4. The number of thiazole rings is 1. The molecule has 0 saturated carbocycles. The molecule has 2 aromatic heterocycles. The van der Waals surface area contributed by atoms with Crippen LogP contribution in [0.5, 0.6) is 5.75 Å². The average Bonchev–Trinajstić information content (AvgIpc) is 3.45. The second kappa shape index (κ2) is 11.2. The second-order valence-electron chi connectivity index (χ2n) is 7.54. The van der Waals surface area contributed by atoms with Crippen LogP contribution in [0.15, 0.2) is 63.5 Å². The van der Waals surface area contributed by atoms with E-state index < -0.39 is 0 Å². The van der Waals surface area contributed by atoms with Crippen molar-refractivity contribution >= 4 is 50.1 Å². The van der Waals surface area contributed by atoms with Crippen molar-refractivity contribution in [1.29, 1.82) is 0 Å². The first-order valence-electron chi connectivity index (χ1n) is 10.7. The van der Waals surface area contributed by atoms with Crippen LogP contribution in [0.3, 0.4) is 0 Å². The monoisotopic (exact) mass is 557 g/mol. The summed E-state index contributed by atoms with van der Waals surface area (Å²) in [7, 11) is 1.88. The van der Waals surface area contributed by atoms with E-state index in [1.54, 1.807) is 0 Å². The van der Waals surface area contributed by atoms with Gasteiger partial charge in [-0.3, -0.25) is 4.79 Å². The molecule has 2 heterocycles. The van der Waals surface area contributed by atoms with Gasteiger partial charge in [0.25, 0.3) is 0 Å². The van der Waals surface area contributed by atoms with Gasteiger partial charge in [-0.05, 0) is 43.2 Å². The molecule has 0 saturated heterocycles. The molecule has 4 rings (SSSR count). The van der Waals surface area contributed by atoms with Crippen molar-refractivity contribution in [2.45, 2.75) is 31.5 Å². The summed E-state index contributed by atoms with van der Waals surface area (Å²) in [5.41, 5.74) is 3.09. The number of hydrogen-bond donors (Lipinski definition) is 1. The average molecular weight is 559 g/mol. The smallest absolute Gasteiger partial charge is 0.236 e. The van der Waals surface area contributed by atoms with E-state index in [0.29, 0.717) is 16.1 Å². The van der Waals surface area contributed by atoms with E-state index in [4.69, 9.17) is 4.74 Å². The molecule has 0 fully saturated rings. The number of nitrogens with zero attached hydrogens (tertiary/aromatic N) is 4. The predicted molar refractivity (Wildman–Crippen MR) is 140 cm³/mol. The highest BCUT2D eigenvalue weighted by Crippen LogP contribution is 2.27. The van der Waals surface area contributed by atoms with Crippen LogP contribution in [0.1, 0.15) is 31.3 Å². The van der Waals surface area contributed by atoms with Crippen LogP contribution >= 0.6 is 39.0 Å².